The van der Waals surface area contributed by atoms with Gasteiger partial charge in [-0.2, -0.15) is 8.42 Å². The average Bonchev–Trinajstić information content (AvgIpc) is 1.99. The van der Waals surface area contributed by atoms with Crippen LogP contribution in [0.3, 0.4) is 0 Å². The van der Waals surface area contributed by atoms with Gasteiger partial charge in [0.2, 0.25) is 0 Å². The van der Waals surface area contributed by atoms with Crippen molar-refractivity contribution in [3.63, 3.8) is 0 Å². The molecule has 0 spiro atoms. The zero-order valence-corrected chi connectivity index (χ0v) is 8.27. The van der Waals surface area contributed by atoms with E-state index in [9.17, 15) is 8.42 Å². The minimum Gasteiger partial charge on any atom is -0.267 e. The maximum atomic E-state index is 11.0. The highest BCUT2D eigenvalue weighted by molar-refractivity contribution is 7.86. The van der Waals surface area contributed by atoms with E-state index < -0.39 is 10.1 Å². The van der Waals surface area contributed by atoms with Gasteiger partial charge in [0.15, 0.2) is 0 Å². The van der Waals surface area contributed by atoms with Crippen LogP contribution in [0.15, 0.2) is 0 Å². The predicted octanol–water partition coefficient (Wildman–Crippen LogP) is 1.69. The quantitative estimate of drug-likeness (QED) is 0.639. The summed E-state index contributed by atoms with van der Waals surface area (Å²) in [5, 5.41) is 0. The molecule has 12 heavy (non-hydrogen) atoms. The predicted molar refractivity (Wildman–Crippen MR) is 47.4 cm³/mol. The van der Waals surface area contributed by atoms with Crippen molar-refractivity contribution in [3.8, 4) is 0 Å². The maximum Gasteiger partial charge on any atom is 0.267 e. The van der Waals surface area contributed by atoms with Crippen LogP contribution in [-0.4, -0.2) is 20.3 Å². The van der Waals surface area contributed by atoms with Crippen LogP contribution in [0.5, 0.6) is 0 Å². The van der Waals surface area contributed by atoms with Crippen molar-refractivity contribution in [3.05, 3.63) is 0 Å². The van der Waals surface area contributed by atoms with Crippen molar-refractivity contribution in [1.29, 1.82) is 0 Å². The van der Waals surface area contributed by atoms with Crippen molar-refractivity contribution in [1.82, 2.24) is 0 Å². The Morgan fingerprint density at radius 2 is 2.25 bits per heavy atom. The molecule has 0 aromatic heterocycles. The summed E-state index contributed by atoms with van der Waals surface area (Å²) in [7, 11) is -3.16. The molecule has 72 valence electrons. The van der Waals surface area contributed by atoms with Crippen molar-refractivity contribution in [2.24, 2.45) is 0 Å². The smallest absolute Gasteiger partial charge is 0.267 e. The molecule has 1 aliphatic rings. The van der Waals surface area contributed by atoms with Gasteiger partial charge >= 0.3 is 0 Å². The summed E-state index contributed by atoms with van der Waals surface area (Å²) >= 11 is 0. The number of rotatable bonds is 3. The number of hydrogen-bond acceptors (Lipinski definition) is 3. The minimum atomic E-state index is -3.16. The Hall–Kier alpha value is -0.0900. The topological polar surface area (TPSA) is 43.4 Å². The molecule has 1 rings (SSSR count). The number of unbranched alkanes of at least 4 members (excludes halogenated alkanes) is 1. The zero-order valence-electron chi connectivity index (χ0n) is 7.45. The molecule has 1 saturated heterocycles. The molecule has 1 aliphatic heterocycles. The van der Waals surface area contributed by atoms with Gasteiger partial charge < -0.3 is 0 Å². The lowest BCUT2D eigenvalue weighted by atomic mass is 10.1. The first-order chi connectivity index (χ1) is 5.64. The van der Waals surface area contributed by atoms with E-state index in [1.165, 1.54) is 0 Å². The lowest BCUT2D eigenvalue weighted by Crippen LogP contribution is -2.26. The van der Waals surface area contributed by atoms with Gasteiger partial charge in [0, 0.05) is 0 Å². The molecule has 0 aromatic rings. The molecule has 1 heterocycles. The monoisotopic (exact) mass is 192 g/mol. The Bertz CT molecular complexity index is 220. The fraction of sp³-hybridized carbons (Fsp3) is 1.00. The third kappa shape index (κ3) is 3.11. The fourth-order valence-electron chi connectivity index (χ4n) is 1.42. The first-order valence-electron chi connectivity index (χ1n) is 4.55. The first kappa shape index (κ1) is 9.99. The lowest BCUT2D eigenvalue weighted by molar-refractivity contribution is 0.170. The Morgan fingerprint density at radius 3 is 2.83 bits per heavy atom. The van der Waals surface area contributed by atoms with Gasteiger partial charge in [-0.1, -0.05) is 19.8 Å². The molecule has 3 nitrogen and oxygen atoms in total. The Labute approximate surface area is 74.2 Å². The third-order valence-corrected chi connectivity index (χ3v) is 3.44. The van der Waals surface area contributed by atoms with E-state index in [4.69, 9.17) is 4.18 Å². The summed E-state index contributed by atoms with van der Waals surface area (Å²) in [6.45, 7) is 2.09. The summed E-state index contributed by atoms with van der Waals surface area (Å²) in [5.41, 5.74) is 0. The van der Waals surface area contributed by atoms with Crippen LogP contribution in [0.25, 0.3) is 0 Å². The van der Waals surface area contributed by atoms with Crippen LogP contribution in [0.4, 0.5) is 0 Å². The second kappa shape index (κ2) is 4.23. The molecule has 1 atom stereocenters. The highest BCUT2D eigenvalue weighted by atomic mass is 32.2. The van der Waals surface area contributed by atoms with Crippen molar-refractivity contribution in [2.45, 2.75) is 45.1 Å². The Kier molecular flexibility index (Phi) is 3.53. The van der Waals surface area contributed by atoms with Crippen LogP contribution in [0, 0.1) is 0 Å². The highest BCUT2D eigenvalue weighted by Gasteiger charge is 2.24. The summed E-state index contributed by atoms with van der Waals surface area (Å²) in [6.07, 6.45) is 4.66. The average molecular weight is 192 g/mol. The van der Waals surface area contributed by atoms with Crippen LogP contribution in [0.2, 0.25) is 0 Å². The van der Waals surface area contributed by atoms with E-state index in [1.54, 1.807) is 0 Å². The van der Waals surface area contributed by atoms with E-state index in [0.717, 1.165) is 32.1 Å². The second-order valence-corrected chi connectivity index (χ2v) is 4.98. The molecule has 1 fully saturated rings. The van der Waals surface area contributed by atoms with Crippen LogP contribution in [-0.2, 0) is 14.3 Å². The molecule has 0 N–H and O–H groups in total. The summed E-state index contributed by atoms with van der Waals surface area (Å²) < 4.78 is 27.0. The van der Waals surface area contributed by atoms with Crippen LogP contribution in [0.1, 0.15) is 39.0 Å². The van der Waals surface area contributed by atoms with Crippen molar-refractivity contribution in [2.75, 3.05) is 5.75 Å². The largest absolute Gasteiger partial charge is 0.267 e. The van der Waals surface area contributed by atoms with E-state index in [0.29, 0.717) is 0 Å². The second-order valence-electron chi connectivity index (χ2n) is 3.26. The first-order valence-corrected chi connectivity index (χ1v) is 6.13. The Balaban J connectivity index is 2.36. The van der Waals surface area contributed by atoms with E-state index >= 15 is 0 Å². The van der Waals surface area contributed by atoms with Gasteiger partial charge in [0.05, 0.1) is 11.9 Å². The standard InChI is InChI=1S/C8H16O3S/c1-2-3-5-8-6-4-7-12(9,10)11-8/h8H,2-7H2,1H3. The third-order valence-electron chi connectivity index (χ3n) is 2.08. The van der Waals surface area contributed by atoms with Gasteiger partial charge in [-0.15, -0.1) is 0 Å². The molecule has 0 aliphatic carbocycles. The molecular weight excluding hydrogens is 176 g/mol. The number of hydrogen-bond donors (Lipinski definition) is 0. The van der Waals surface area contributed by atoms with Crippen molar-refractivity contribution < 1.29 is 12.6 Å². The highest BCUT2D eigenvalue weighted by Crippen LogP contribution is 2.19. The molecule has 4 heteroatoms. The Morgan fingerprint density at radius 1 is 1.50 bits per heavy atom. The molecular formula is C8H16O3S. The molecule has 0 bridgehead atoms. The molecule has 0 aromatic carbocycles. The van der Waals surface area contributed by atoms with Crippen LogP contribution >= 0.6 is 0 Å². The SMILES string of the molecule is CCCCC1CCCS(=O)(=O)O1. The van der Waals surface area contributed by atoms with Gasteiger partial charge in [-0.3, -0.25) is 4.18 Å². The summed E-state index contributed by atoms with van der Waals surface area (Å²) in [6, 6.07) is 0. The minimum absolute atomic E-state index is 0.0382. The van der Waals surface area contributed by atoms with Gasteiger partial charge in [-0.05, 0) is 19.3 Å². The van der Waals surface area contributed by atoms with Crippen molar-refractivity contribution >= 4 is 10.1 Å². The maximum absolute atomic E-state index is 11.0. The normalized spacial score (nSPS) is 28.6. The zero-order chi connectivity index (χ0) is 9.03. The summed E-state index contributed by atoms with van der Waals surface area (Å²) in [4.78, 5) is 0. The molecule has 0 amide bonds. The van der Waals surface area contributed by atoms with Gasteiger partial charge in [0.25, 0.3) is 10.1 Å². The van der Waals surface area contributed by atoms with Gasteiger partial charge in [-0.25, -0.2) is 0 Å². The van der Waals surface area contributed by atoms with E-state index in [1.807, 2.05) is 0 Å². The molecule has 0 saturated carbocycles. The lowest BCUT2D eigenvalue weighted by Gasteiger charge is -2.21. The molecule has 0 radical (unpaired) electrons. The van der Waals surface area contributed by atoms with E-state index in [2.05, 4.69) is 6.92 Å². The van der Waals surface area contributed by atoms with Crippen LogP contribution < -0.4 is 0 Å². The van der Waals surface area contributed by atoms with E-state index in [-0.39, 0.29) is 11.9 Å². The fourth-order valence-corrected chi connectivity index (χ4v) is 2.64. The molecule has 1 unspecified atom stereocenters. The van der Waals surface area contributed by atoms with Gasteiger partial charge in [0.1, 0.15) is 0 Å². The summed E-state index contributed by atoms with van der Waals surface area (Å²) in [5.74, 6) is 0.204.